The van der Waals surface area contributed by atoms with Crippen molar-refractivity contribution in [3.63, 3.8) is 0 Å². The topological polar surface area (TPSA) is 47.9 Å². The van der Waals surface area contributed by atoms with Crippen LogP contribution in [0.4, 0.5) is 0 Å². The molecule has 0 fully saturated rings. The van der Waals surface area contributed by atoms with Crippen molar-refractivity contribution in [1.29, 1.82) is 0 Å². The first-order chi connectivity index (χ1) is 27.2. The summed E-state index contributed by atoms with van der Waals surface area (Å²) in [7, 11) is 0. The molecule has 2 atom stereocenters. The highest BCUT2D eigenvalue weighted by molar-refractivity contribution is 5.80. The van der Waals surface area contributed by atoms with E-state index in [1.54, 1.807) is 0 Å². The molecule has 0 N–H and O–H groups in total. The van der Waals surface area contributed by atoms with Crippen molar-refractivity contribution in [1.82, 2.24) is 15.0 Å². The Bertz CT molecular complexity index is 2640. The number of nitrogens with zero attached hydrogens (tertiary/aromatic N) is 3. The van der Waals surface area contributed by atoms with E-state index < -0.39 is 0 Å². The van der Waals surface area contributed by atoms with Crippen LogP contribution in [-0.2, 0) is 0 Å². The van der Waals surface area contributed by atoms with Gasteiger partial charge in [-0.3, -0.25) is 0 Å². The molecule has 0 saturated carbocycles. The monoisotopic (exact) mass is 707 g/mol. The molecular formula is C51H37N3O. The molecule has 3 aliphatic rings. The van der Waals surface area contributed by atoms with Gasteiger partial charge in [0, 0.05) is 22.3 Å². The summed E-state index contributed by atoms with van der Waals surface area (Å²) in [6.45, 7) is 0. The van der Waals surface area contributed by atoms with Crippen LogP contribution in [0.25, 0.3) is 67.3 Å². The Labute approximate surface area is 321 Å². The minimum Gasteiger partial charge on any atom is -0.485 e. The Morgan fingerprint density at radius 3 is 1.60 bits per heavy atom. The molecule has 0 bridgehead atoms. The molecule has 6 aromatic carbocycles. The van der Waals surface area contributed by atoms with Crippen LogP contribution < -0.4 is 4.74 Å². The summed E-state index contributed by atoms with van der Waals surface area (Å²) >= 11 is 0. The Balaban J connectivity index is 0.968. The van der Waals surface area contributed by atoms with Crippen molar-refractivity contribution in [2.45, 2.75) is 24.9 Å². The van der Waals surface area contributed by atoms with Gasteiger partial charge in [0.1, 0.15) is 11.9 Å². The van der Waals surface area contributed by atoms with Crippen molar-refractivity contribution in [2.75, 3.05) is 0 Å². The number of allylic oxidation sites excluding steroid dienone is 6. The zero-order valence-corrected chi connectivity index (χ0v) is 30.2. The molecule has 2 aliphatic carbocycles. The predicted octanol–water partition coefficient (Wildman–Crippen LogP) is 12.4. The van der Waals surface area contributed by atoms with Crippen molar-refractivity contribution in [2.24, 2.45) is 0 Å². The van der Waals surface area contributed by atoms with Gasteiger partial charge in [-0.2, -0.15) is 0 Å². The first-order valence-corrected chi connectivity index (χ1v) is 19.0. The lowest BCUT2D eigenvalue weighted by atomic mass is 9.83. The van der Waals surface area contributed by atoms with Crippen molar-refractivity contribution >= 4 is 11.1 Å². The van der Waals surface area contributed by atoms with Gasteiger partial charge in [-0.25, -0.2) is 15.0 Å². The normalized spacial score (nSPS) is 16.8. The van der Waals surface area contributed by atoms with Crippen LogP contribution in [0, 0.1) is 0 Å². The summed E-state index contributed by atoms with van der Waals surface area (Å²) in [6, 6.07) is 53.3. The number of hydrogen-bond acceptors (Lipinski definition) is 4. The molecule has 4 nitrogen and oxygen atoms in total. The van der Waals surface area contributed by atoms with Gasteiger partial charge in [0.2, 0.25) is 0 Å². The molecule has 0 spiro atoms. The van der Waals surface area contributed by atoms with E-state index in [2.05, 4.69) is 164 Å². The maximum Gasteiger partial charge on any atom is 0.164 e. The van der Waals surface area contributed by atoms with E-state index in [1.165, 1.54) is 27.8 Å². The van der Waals surface area contributed by atoms with E-state index in [1.807, 2.05) is 24.3 Å². The number of aromatic nitrogens is 3. The van der Waals surface area contributed by atoms with E-state index in [-0.39, 0.29) is 12.0 Å². The molecule has 0 radical (unpaired) electrons. The van der Waals surface area contributed by atoms with E-state index in [0.29, 0.717) is 17.5 Å². The van der Waals surface area contributed by atoms with Gasteiger partial charge in [-0.1, -0.05) is 176 Å². The average Bonchev–Trinajstić information content (AvgIpc) is 3.66. The lowest BCUT2D eigenvalue weighted by molar-refractivity contribution is 0.271. The maximum atomic E-state index is 6.64. The number of rotatable bonds is 7. The highest BCUT2D eigenvalue weighted by Gasteiger charge is 2.38. The van der Waals surface area contributed by atoms with E-state index >= 15 is 0 Å². The summed E-state index contributed by atoms with van der Waals surface area (Å²) in [5.74, 6) is 2.80. The van der Waals surface area contributed by atoms with Crippen LogP contribution in [0.1, 0.15) is 35.7 Å². The van der Waals surface area contributed by atoms with E-state index in [0.717, 1.165) is 57.5 Å². The van der Waals surface area contributed by atoms with Crippen LogP contribution in [0.2, 0.25) is 0 Å². The van der Waals surface area contributed by atoms with Gasteiger partial charge in [0.25, 0.3) is 0 Å². The fraction of sp³-hybridized carbons (Fsp3) is 0.0784. The van der Waals surface area contributed by atoms with E-state index in [4.69, 9.17) is 19.7 Å². The van der Waals surface area contributed by atoms with Crippen molar-refractivity contribution < 1.29 is 4.74 Å². The molecule has 0 saturated heterocycles. The molecule has 2 heterocycles. The summed E-state index contributed by atoms with van der Waals surface area (Å²) < 4.78 is 6.64. The first kappa shape index (κ1) is 32.7. The zero-order chi connectivity index (χ0) is 36.6. The Morgan fingerprint density at radius 2 is 0.982 bits per heavy atom. The lowest BCUT2D eigenvalue weighted by Crippen LogP contribution is -2.20. The van der Waals surface area contributed by atoms with Crippen LogP contribution in [0.3, 0.4) is 0 Å². The molecule has 10 rings (SSSR count). The third-order valence-electron chi connectivity index (χ3n) is 10.8. The average molecular weight is 708 g/mol. The lowest BCUT2D eigenvalue weighted by Gasteiger charge is -2.22. The molecule has 262 valence electrons. The molecule has 2 unspecified atom stereocenters. The van der Waals surface area contributed by atoms with Gasteiger partial charge in [-0.15, -0.1) is 0 Å². The minimum atomic E-state index is -0.151. The number of hydrogen-bond donors (Lipinski definition) is 0. The molecule has 55 heavy (non-hydrogen) atoms. The standard InChI is InChI=1S/C51H37N3O/c1-4-11-34(12-5-1)36-19-21-38(22-20-36)39-27-29-42(30-28-39)50-52-49(41-15-8-3-9-16-41)53-51(54-50)45-17-10-18-46-48(45)44-32-31-43(33-47(44)55-46)40-25-23-37(24-26-40)35-13-6-2-7-14-35/h2-4,6-33,46,48H,1,5H2. The molecule has 7 aromatic rings. The fourth-order valence-electron chi connectivity index (χ4n) is 7.88. The molecule has 1 aromatic heterocycles. The summed E-state index contributed by atoms with van der Waals surface area (Å²) in [4.78, 5) is 15.3. The fourth-order valence-corrected chi connectivity index (χ4v) is 7.88. The predicted molar refractivity (Wildman–Crippen MR) is 224 cm³/mol. The maximum absolute atomic E-state index is 6.64. The van der Waals surface area contributed by atoms with Gasteiger partial charge in [0.05, 0.1) is 5.92 Å². The summed E-state index contributed by atoms with van der Waals surface area (Å²) in [6.07, 6.45) is 15.2. The van der Waals surface area contributed by atoms with Crippen molar-refractivity contribution in [3.8, 4) is 61.9 Å². The van der Waals surface area contributed by atoms with Crippen LogP contribution in [0.5, 0.6) is 5.75 Å². The highest BCUT2D eigenvalue weighted by Crippen LogP contribution is 2.48. The van der Waals surface area contributed by atoms with Crippen molar-refractivity contribution in [3.05, 3.63) is 205 Å². The zero-order valence-electron chi connectivity index (χ0n) is 30.2. The SMILES string of the molecule is C1=CC2Oc3cc(-c4ccc(-c5ccccc5)cc4)ccc3C2C(c2nc(-c3ccccc3)nc(-c3ccc(-c4ccc(C5=CCCC=C5)cc4)cc3)n2)=C1. The number of fused-ring (bicyclic) bond motifs is 3. The Hall–Kier alpha value is -6.91. The van der Waals surface area contributed by atoms with Crippen LogP contribution >= 0.6 is 0 Å². The first-order valence-electron chi connectivity index (χ1n) is 19.0. The van der Waals surface area contributed by atoms with Gasteiger partial charge in [-0.05, 0) is 69.5 Å². The smallest absolute Gasteiger partial charge is 0.164 e. The molecule has 4 heteroatoms. The minimum absolute atomic E-state index is 0.0430. The second kappa shape index (κ2) is 14.1. The molecule has 0 amide bonds. The Morgan fingerprint density at radius 1 is 0.473 bits per heavy atom. The Kier molecular flexibility index (Phi) is 8.42. The second-order valence-electron chi connectivity index (χ2n) is 14.2. The molecular weight excluding hydrogens is 671 g/mol. The summed E-state index contributed by atoms with van der Waals surface area (Å²) in [5, 5.41) is 0. The summed E-state index contributed by atoms with van der Waals surface area (Å²) in [5.41, 5.74) is 13.6. The largest absolute Gasteiger partial charge is 0.485 e. The van der Waals surface area contributed by atoms with Gasteiger partial charge in [0.15, 0.2) is 17.5 Å². The van der Waals surface area contributed by atoms with Crippen LogP contribution in [0.15, 0.2) is 188 Å². The number of ether oxygens (including phenoxy) is 1. The molecule has 1 aliphatic heterocycles. The number of benzene rings is 6. The van der Waals surface area contributed by atoms with E-state index in [9.17, 15) is 0 Å². The highest BCUT2D eigenvalue weighted by atomic mass is 16.5. The van der Waals surface area contributed by atoms with Gasteiger partial charge < -0.3 is 4.74 Å². The third kappa shape index (κ3) is 6.42. The quantitative estimate of drug-likeness (QED) is 0.165. The van der Waals surface area contributed by atoms with Crippen LogP contribution in [-0.4, -0.2) is 21.1 Å². The third-order valence-corrected chi connectivity index (χ3v) is 10.8. The second-order valence-corrected chi connectivity index (χ2v) is 14.2. The van der Waals surface area contributed by atoms with Gasteiger partial charge >= 0.3 is 0 Å².